The highest BCUT2D eigenvalue weighted by Gasteiger charge is 2.23. The van der Waals surface area contributed by atoms with Crippen LogP contribution in [0.15, 0.2) is 54.7 Å². The van der Waals surface area contributed by atoms with E-state index in [0.29, 0.717) is 0 Å². The summed E-state index contributed by atoms with van der Waals surface area (Å²) >= 11 is 10.6. The lowest BCUT2D eigenvalue weighted by Crippen LogP contribution is -2.35. The minimum atomic E-state index is -2.59. The Morgan fingerprint density at radius 2 is 1.90 bits per heavy atom. The van der Waals surface area contributed by atoms with Crippen LogP contribution in [0.3, 0.4) is 0 Å². The summed E-state index contributed by atoms with van der Waals surface area (Å²) in [6.07, 6.45) is 1.78. The number of rotatable bonds is 6. The maximum absolute atomic E-state index is 6.48. The third kappa shape index (κ3) is 4.76. The molecule has 0 spiro atoms. The van der Waals surface area contributed by atoms with E-state index < -0.39 is 5.47 Å². The molecule has 1 atom stereocenters. The van der Waals surface area contributed by atoms with Gasteiger partial charge in [0.2, 0.25) is 0 Å². The number of morpholine rings is 1. The molecule has 1 unspecified atom stereocenters. The molecule has 0 radical (unpaired) electrons. The van der Waals surface area contributed by atoms with E-state index in [2.05, 4.69) is 22.0 Å². The van der Waals surface area contributed by atoms with Crippen LogP contribution in [0.2, 0.25) is 0 Å². The van der Waals surface area contributed by atoms with Gasteiger partial charge in [0, 0.05) is 42.1 Å². The lowest BCUT2D eigenvalue weighted by atomic mass is 10.1. The minimum absolute atomic E-state index is 0.726. The van der Waals surface area contributed by atoms with Crippen LogP contribution in [-0.2, 0) is 23.1 Å². The summed E-state index contributed by atoms with van der Waals surface area (Å²) in [6.45, 7) is 4.05. The van der Waals surface area contributed by atoms with Crippen molar-refractivity contribution in [1.29, 1.82) is 0 Å². The summed E-state index contributed by atoms with van der Waals surface area (Å²) in [6, 6.07) is 15.8. The van der Waals surface area contributed by atoms with Gasteiger partial charge in [0.25, 0.3) is 0 Å². The van der Waals surface area contributed by atoms with Gasteiger partial charge in [0.1, 0.15) is 11.3 Å². The van der Waals surface area contributed by atoms with Crippen LogP contribution in [0.5, 0.6) is 11.5 Å². The fourth-order valence-electron chi connectivity index (χ4n) is 3.33. The van der Waals surface area contributed by atoms with E-state index in [4.69, 9.17) is 38.1 Å². The van der Waals surface area contributed by atoms with E-state index >= 15 is 0 Å². The first-order valence-electron chi connectivity index (χ1n) is 9.40. The zero-order chi connectivity index (χ0) is 20.3. The lowest BCUT2D eigenvalue weighted by Gasteiger charge is -2.28. The number of benzene rings is 2. The quantitative estimate of drug-likeness (QED) is 0.456. The van der Waals surface area contributed by atoms with Gasteiger partial charge < -0.3 is 14.0 Å². The molecule has 152 valence electrons. The molecule has 0 bridgehead atoms. The van der Waals surface area contributed by atoms with Crippen molar-refractivity contribution in [3.8, 4) is 11.5 Å². The van der Waals surface area contributed by atoms with Crippen LogP contribution in [0, 0.1) is 0 Å². The Morgan fingerprint density at radius 1 is 1.14 bits per heavy atom. The predicted octanol–water partition coefficient (Wildman–Crippen LogP) is 4.02. The molecule has 0 amide bonds. The van der Waals surface area contributed by atoms with Crippen LogP contribution in [0.1, 0.15) is 5.56 Å². The average molecular weight is 447 g/mol. The van der Waals surface area contributed by atoms with Crippen molar-refractivity contribution in [3.05, 3.63) is 60.3 Å². The third-order valence-electron chi connectivity index (χ3n) is 4.92. The lowest BCUT2D eigenvalue weighted by molar-refractivity contribution is 0.0340. The maximum Gasteiger partial charge on any atom is 0.193 e. The molecule has 29 heavy (non-hydrogen) atoms. The Balaban J connectivity index is 1.71. The van der Waals surface area contributed by atoms with Gasteiger partial charge in [0.05, 0.1) is 20.3 Å². The summed E-state index contributed by atoms with van der Waals surface area (Å²) in [5.41, 5.74) is -0.713. The van der Waals surface area contributed by atoms with Crippen molar-refractivity contribution < 1.29 is 14.0 Å². The molecule has 1 saturated heterocycles. The monoisotopic (exact) mass is 446 g/mol. The second kappa shape index (κ2) is 9.02. The average Bonchev–Trinajstić information content (AvgIpc) is 2.76. The molecule has 1 fully saturated rings. The highest BCUT2D eigenvalue weighted by molar-refractivity contribution is 8.64. The topological polar surface area (TPSA) is 43.8 Å². The van der Waals surface area contributed by atoms with E-state index in [1.807, 2.05) is 36.4 Å². The molecular weight excluding hydrogens is 423 g/mol. The Morgan fingerprint density at radius 3 is 2.62 bits per heavy atom. The van der Waals surface area contributed by atoms with E-state index in [1.165, 1.54) is 0 Å². The number of thiol groups is 1. The second-order valence-electron chi connectivity index (χ2n) is 6.83. The summed E-state index contributed by atoms with van der Waals surface area (Å²) in [7, 11) is 1.64. The van der Waals surface area contributed by atoms with Crippen molar-refractivity contribution in [2.75, 3.05) is 33.4 Å². The number of fused-ring (bicyclic) bond motifs is 1. The molecule has 2 heterocycles. The number of aromatic nitrogens is 1. The largest absolute Gasteiger partial charge is 0.497 e. The summed E-state index contributed by atoms with van der Waals surface area (Å²) in [5.74, 6) is 1.50. The third-order valence-corrected chi connectivity index (χ3v) is 8.10. The van der Waals surface area contributed by atoms with E-state index in [-0.39, 0.29) is 0 Å². The maximum atomic E-state index is 6.48. The normalized spacial score (nSPS) is 17.0. The molecular formula is C21H23N2O3PS2. The van der Waals surface area contributed by atoms with Gasteiger partial charge in [-0.05, 0) is 42.1 Å². The molecule has 0 aliphatic carbocycles. The molecule has 0 saturated carbocycles. The summed E-state index contributed by atoms with van der Waals surface area (Å²) < 4.78 is 17.2. The molecule has 2 aromatic carbocycles. The first kappa shape index (κ1) is 20.6. The zero-order valence-electron chi connectivity index (χ0n) is 16.2. The Hall–Kier alpha value is -1.63. The fourth-order valence-corrected chi connectivity index (χ4v) is 5.65. The van der Waals surface area contributed by atoms with Gasteiger partial charge in [-0.15, -0.1) is 0 Å². The van der Waals surface area contributed by atoms with E-state index in [9.17, 15) is 0 Å². The first-order chi connectivity index (χ1) is 14.1. The van der Waals surface area contributed by atoms with Crippen LogP contribution < -0.4 is 14.6 Å². The second-order valence-corrected chi connectivity index (χ2v) is 12.6. The van der Waals surface area contributed by atoms with Crippen molar-refractivity contribution >= 4 is 45.7 Å². The van der Waals surface area contributed by atoms with Gasteiger partial charge in [-0.1, -0.05) is 30.4 Å². The molecule has 3 aromatic rings. The number of ether oxygens (including phenoxy) is 2. The predicted molar refractivity (Wildman–Crippen MR) is 124 cm³/mol. The van der Waals surface area contributed by atoms with Crippen molar-refractivity contribution in [2.45, 2.75) is 6.54 Å². The van der Waals surface area contributed by atoms with Crippen molar-refractivity contribution in [1.82, 2.24) is 9.88 Å². The molecule has 4 rings (SSSR count). The molecule has 1 aliphatic rings. The van der Waals surface area contributed by atoms with Crippen LogP contribution >= 0.6 is 17.7 Å². The van der Waals surface area contributed by atoms with Crippen LogP contribution in [-0.4, -0.2) is 43.3 Å². The number of methoxy groups -OCH3 is 1. The number of nitrogens with zero attached hydrogens (tertiary/aromatic N) is 2. The van der Waals surface area contributed by atoms with Gasteiger partial charge >= 0.3 is 0 Å². The van der Waals surface area contributed by atoms with Crippen LogP contribution in [0.25, 0.3) is 10.9 Å². The van der Waals surface area contributed by atoms with E-state index in [0.717, 1.165) is 66.1 Å². The Labute approximate surface area is 181 Å². The number of hydrogen-bond donors (Lipinski definition) is 1. The first-order valence-corrected chi connectivity index (χ1v) is 13.3. The summed E-state index contributed by atoms with van der Waals surface area (Å²) in [5, 5.41) is 1.90. The van der Waals surface area contributed by atoms with Gasteiger partial charge in [-0.25, -0.2) is 0 Å². The SMILES string of the molecule is COc1ccc(P(=S)(S)Oc2c(CN3CCOCC3)ccc3cccnc23)cc1. The van der Waals surface area contributed by atoms with Crippen molar-refractivity contribution in [2.24, 2.45) is 0 Å². The fraction of sp³-hybridized carbons (Fsp3) is 0.286. The van der Waals surface area contributed by atoms with Crippen LogP contribution in [0.4, 0.5) is 0 Å². The highest BCUT2D eigenvalue weighted by atomic mass is 32.9. The Bertz CT molecular complexity index is 1040. The van der Waals surface area contributed by atoms with Crippen molar-refractivity contribution in [3.63, 3.8) is 0 Å². The molecule has 8 heteroatoms. The van der Waals surface area contributed by atoms with E-state index in [1.54, 1.807) is 13.3 Å². The molecule has 1 aromatic heterocycles. The summed E-state index contributed by atoms with van der Waals surface area (Å²) in [4.78, 5) is 6.95. The highest BCUT2D eigenvalue weighted by Crippen LogP contribution is 2.53. The molecule has 1 aliphatic heterocycles. The Kier molecular flexibility index (Phi) is 6.42. The smallest absolute Gasteiger partial charge is 0.193 e. The molecule has 0 N–H and O–H groups in total. The van der Waals surface area contributed by atoms with Gasteiger partial charge in [0.15, 0.2) is 11.2 Å². The zero-order valence-corrected chi connectivity index (χ0v) is 18.8. The molecule has 5 nitrogen and oxygen atoms in total. The van der Waals surface area contributed by atoms with Gasteiger partial charge in [-0.2, -0.15) is 0 Å². The standard InChI is InChI=1S/C21H23N2O3PS2/c1-24-18-6-8-19(9-7-18)27(28,29)26-21-17(15-23-11-13-25-14-12-23)5-4-16-3-2-10-22-20(16)21/h2-10H,11-15H2,1H3,(H,28,29). The van der Waals surface area contributed by atoms with Gasteiger partial charge in [-0.3, -0.25) is 9.88 Å². The number of pyridine rings is 1. The number of hydrogen-bond acceptors (Lipinski definition) is 6. The minimum Gasteiger partial charge on any atom is -0.497 e.